The van der Waals surface area contributed by atoms with Gasteiger partial charge < -0.3 is 0 Å². The van der Waals surface area contributed by atoms with Crippen LogP contribution in [0.2, 0.25) is 0 Å². The molecule has 2 unspecified atom stereocenters. The summed E-state index contributed by atoms with van der Waals surface area (Å²) in [6.07, 6.45) is -18.6. The van der Waals surface area contributed by atoms with E-state index >= 15 is 0 Å². The molecule has 1 fully saturated rings. The summed E-state index contributed by atoms with van der Waals surface area (Å²) in [5.41, 5.74) is 0. The van der Waals surface area contributed by atoms with E-state index in [0.29, 0.717) is 0 Å². The highest BCUT2D eigenvalue weighted by Crippen LogP contribution is 2.48. The Balaban J connectivity index is -0.000000352. The van der Waals surface area contributed by atoms with Crippen molar-refractivity contribution in [3.63, 3.8) is 0 Å². The third-order valence-corrected chi connectivity index (χ3v) is 1.73. The van der Waals surface area contributed by atoms with E-state index in [9.17, 15) is 61.7 Å². The number of alkyl halides is 11. The van der Waals surface area contributed by atoms with Crippen LogP contribution in [0.4, 0.5) is 61.7 Å². The second-order valence-electron chi connectivity index (χ2n) is 3.28. The molecule has 2 atom stereocenters. The molecule has 1 saturated heterocycles. The Morgan fingerprint density at radius 2 is 1.36 bits per heavy atom. The highest BCUT2D eigenvalue weighted by atomic mass is 35.5. The van der Waals surface area contributed by atoms with Crippen molar-refractivity contribution in [3.05, 3.63) is 11.6 Å². The van der Waals surface area contributed by atoms with E-state index in [4.69, 9.17) is 0 Å². The lowest BCUT2D eigenvalue weighted by Crippen LogP contribution is -2.41. The number of rotatable bonds is 2. The summed E-state index contributed by atoms with van der Waals surface area (Å²) >= 11 is 8.67. The first-order valence-corrected chi connectivity index (χ1v) is 6.02. The van der Waals surface area contributed by atoms with Gasteiger partial charge in [-0.25, -0.2) is 17.9 Å². The molecule has 4 nitrogen and oxygen atoms in total. The highest BCUT2D eigenvalue weighted by molar-refractivity contribution is 6.27. The molecule has 0 aromatic rings. The molecule has 0 amide bonds. The van der Waals surface area contributed by atoms with Crippen LogP contribution in [0.5, 0.6) is 0 Å². The zero-order valence-corrected chi connectivity index (χ0v) is 13.6. The topological polar surface area (TPSA) is 36.9 Å². The first-order chi connectivity index (χ1) is 12.4. The summed E-state index contributed by atoms with van der Waals surface area (Å²) in [4.78, 5) is 3.31. The lowest BCUT2D eigenvalue weighted by molar-refractivity contribution is -0.518. The molecule has 28 heavy (non-hydrogen) atoms. The van der Waals surface area contributed by atoms with E-state index in [2.05, 4.69) is 32.7 Å². The van der Waals surface area contributed by atoms with E-state index in [1.807, 2.05) is 0 Å². The van der Waals surface area contributed by atoms with Crippen molar-refractivity contribution in [3.8, 4) is 0 Å². The van der Waals surface area contributed by atoms with Crippen molar-refractivity contribution in [2.24, 2.45) is 0 Å². The Morgan fingerprint density at radius 3 is 1.43 bits per heavy atom. The van der Waals surface area contributed by atoms with Gasteiger partial charge in [-0.15, -0.1) is 17.6 Å². The smallest absolute Gasteiger partial charge is 0.275 e. The highest BCUT2D eigenvalue weighted by Gasteiger charge is 2.69. The molecule has 1 aliphatic heterocycles. The van der Waals surface area contributed by atoms with Gasteiger partial charge in [0, 0.05) is 0 Å². The lowest BCUT2D eigenvalue weighted by atomic mass is 10.3. The largest absolute Gasteiger partial charge is 0.547 e. The van der Waals surface area contributed by atoms with Gasteiger partial charge in [-0.1, -0.05) is 9.88 Å². The van der Waals surface area contributed by atoms with E-state index < -0.39 is 42.4 Å². The minimum absolute atomic E-state index is 0.318. The molecule has 20 heteroatoms. The Kier molecular flexibility index (Phi) is 15.3. The summed E-state index contributed by atoms with van der Waals surface area (Å²) in [6.45, 7) is -1.75. The average Bonchev–Trinajstić information content (AvgIpc) is 2.77. The van der Waals surface area contributed by atoms with Gasteiger partial charge in [0.05, 0.1) is 0 Å². The monoisotopic (exact) mass is 500 g/mol. The standard InChI is InChI=1S/C4HClF6O2.C2HClF2.CF4O2.CH2F2/c5-2(6)1(3(7,8)9)12-4(10,11)13-2;3-2(5)1-4;2-1(3,6-4)7-5;2-1-3/h1H;1H;;1H2/b;2-1-;;. The van der Waals surface area contributed by atoms with E-state index in [-0.39, 0.29) is 6.33 Å². The third-order valence-electron chi connectivity index (χ3n) is 1.37. The van der Waals surface area contributed by atoms with Gasteiger partial charge >= 0.3 is 24.1 Å². The molecule has 0 radical (unpaired) electrons. The maximum absolute atomic E-state index is 12.5. The lowest BCUT2D eigenvalue weighted by Gasteiger charge is -2.18. The van der Waals surface area contributed by atoms with Crippen LogP contribution in [0, 0.1) is 0 Å². The summed E-state index contributed by atoms with van der Waals surface area (Å²) in [7, 11) is 0. The van der Waals surface area contributed by atoms with Gasteiger partial charge in [-0.2, -0.15) is 22.0 Å². The molecule has 0 aliphatic carbocycles. The molecule has 1 rings (SSSR count). The van der Waals surface area contributed by atoms with Crippen molar-refractivity contribution in [2.75, 3.05) is 6.93 Å². The molecule has 172 valence electrons. The summed E-state index contributed by atoms with van der Waals surface area (Å²) in [5.74, 6) is 0. The fourth-order valence-electron chi connectivity index (χ4n) is 0.711. The number of ether oxygens (including phenoxy) is 2. The van der Waals surface area contributed by atoms with Crippen LogP contribution in [0.15, 0.2) is 11.6 Å². The summed E-state index contributed by atoms with van der Waals surface area (Å²) in [5, 5.41) is -5.41. The van der Waals surface area contributed by atoms with Gasteiger partial charge in [0.25, 0.3) is 0 Å². The van der Waals surface area contributed by atoms with Gasteiger partial charge in [0.1, 0.15) is 6.33 Å². The van der Waals surface area contributed by atoms with Crippen LogP contribution in [0.25, 0.3) is 0 Å². The van der Waals surface area contributed by atoms with Crippen molar-refractivity contribution in [2.45, 2.75) is 30.2 Å². The van der Waals surface area contributed by atoms with Gasteiger partial charge in [0.2, 0.25) is 18.3 Å². The van der Waals surface area contributed by atoms with Crippen molar-refractivity contribution in [1.82, 2.24) is 0 Å². The van der Waals surface area contributed by atoms with Crippen LogP contribution < -0.4 is 0 Å². The Bertz CT molecular complexity index is 436. The van der Waals surface area contributed by atoms with E-state index in [0.717, 1.165) is 0 Å². The maximum Gasteiger partial charge on any atom is 0.547 e. The van der Waals surface area contributed by atoms with Crippen LogP contribution in [0.3, 0.4) is 0 Å². The second-order valence-corrected chi connectivity index (χ2v) is 4.16. The molecular weight excluding hydrogens is 497 g/mol. The molecule has 1 aliphatic rings. The minimum Gasteiger partial charge on any atom is -0.275 e. The van der Waals surface area contributed by atoms with Crippen molar-refractivity contribution < 1.29 is 81.1 Å². The molecular formula is C8H4Cl2F14O4. The van der Waals surface area contributed by atoms with Gasteiger partial charge in [-0.3, -0.25) is 4.74 Å². The first-order valence-electron chi connectivity index (χ1n) is 5.26. The number of hydrogen-bond donors (Lipinski definition) is 0. The van der Waals surface area contributed by atoms with E-state index in [1.54, 1.807) is 9.88 Å². The molecule has 0 aromatic heterocycles. The van der Waals surface area contributed by atoms with Crippen molar-refractivity contribution in [1.29, 1.82) is 0 Å². The van der Waals surface area contributed by atoms with Crippen LogP contribution >= 0.6 is 23.2 Å². The molecule has 0 saturated carbocycles. The summed E-state index contributed by atoms with van der Waals surface area (Å²) in [6, 6.07) is 0. The molecule has 0 spiro atoms. The Morgan fingerprint density at radius 1 is 1.04 bits per heavy atom. The fourth-order valence-corrected chi connectivity index (χ4v) is 0.969. The molecule has 1 heterocycles. The third kappa shape index (κ3) is 16.2. The maximum atomic E-state index is 12.5. The Hall–Kier alpha value is -0.820. The molecule has 0 aromatic carbocycles. The van der Waals surface area contributed by atoms with Crippen LogP contribution in [-0.2, 0) is 19.4 Å². The van der Waals surface area contributed by atoms with Crippen molar-refractivity contribution >= 4 is 23.2 Å². The normalized spacial score (nSPS) is 24.1. The van der Waals surface area contributed by atoms with Gasteiger partial charge in [-0.05, 0) is 32.3 Å². The zero-order valence-electron chi connectivity index (χ0n) is 12.0. The fraction of sp³-hybridized carbons (Fsp3) is 0.750. The number of hydrogen-bond acceptors (Lipinski definition) is 4. The predicted octanol–water partition coefficient (Wildman–Crippen LogP) is 6.56. The van der Waals surface area contributed by atoms with Crippen LogP contribution in [0.1, 0.15) is 0 Å². The molecule has 0 N–H and O–H groups in total. The minimum atomic E-state index is -5.36. The second kappa shape index (κ2) is 13.4. The zero-order chi connectivity index (χ0) is 23.4. The van der Waals surface area contributed by atoms with Crippen LogP contribution in [-0.4, -0.2) is 37.1 Å². The van der Waals surface area contributed by atoms with E-state index in [1.165, 1.54) is 0 Å². The Labute approximate surface area is 154 Å². The average molecular weight is 501 g/mol. The molecule has 0 bridgehead atoms. The first kappa shape index (κ1) is 31.9. The number of halogens is 16. The van der Waals surface area contributed by atoms with Gasteiger partial charge in [0.15, 0.2) is 0 Å². The summed E-state index contributed by atoms with van der Waals surface area (Å²) < 4.78 is 160. The SMILES string of the molecule is F/C=C(\F)Cl.FC1(F)OC(C(F)(F)F)C(F)(Cl)O1.FCF.FOC(F)(F)OF. The predicted molar refractivity (Wildman–Crippen MR) is 59.2 cm³/mol. The quantitative estimate of drug-likeness (QED) is 0.244.